The van der Waals surface area contributed by atoms with Crippen LogP contribution >= 0.6 is 0 Å². The van der Waals surface area contributed by atoms with E-state index in [1.807, 2.05) is 86.4 Å². The molecule has 4 aromatic rings. The third kappa shape index (κ3) is 5.92. The van der Waals surface area contributed by atoms with Gasteiger partial charge in [-0.2, -0.15) is 0 Å². The van der Waals surface area contributed by atoms with Crippen molar-refractivity contribution < 1.29 is 9.53 Å². The Morgan fingerprint density at radius 1 is 0.970 bits per heavy atom. The molecule has 2 heterocycles. The molecule has 2 aromatic carbocycles. The molecule has 2 aromatic heterocycles. The zero-order valence-corrected chi connectivity index (χ0v) is 19.3. The summed E-state index contributed by atoms with van der Waals surface area (Å²) < 4.78 is 9.63. The second kappa shape index (κ2) is 9.77. The second-order valence-electron chi connectivity index (χ2n) is 8.99. The molecule has 0 saturated heterocycles. The smallest absolute Gasteiger partial charge is 0.408 e. The van der Waals surface area contributed by atoms with E-state index in [1.165, 1.54) is 5.56 Å². The molecule has 1 N–H and O–H groups in total. The predicted molar refractivity (Wildman–Crippen MR) is 130 cm³/mol. The van der Waals surface area contributed by atoms with Crippen molar-refractivity contribution in [3.05, 3.63) is 103 Å². The maximum atomic E-state index is 12.7. The predicted octanol–water partition coefficient (Wildman–Crippen LogP) is 5.86. The van der Waals surface area contributed by atoms with E-state index >= 15 is 0 Å². The van der Waals surface area contributed by atoms with Crippen LogP contribution in [0.25, 0.3) is 11.4 Å². The topological polar surface area (TPSA) is 61.1 Å². The van der Waals surface area contributed by atoms with Crippen LogP contribution in [0.5, 0.6) is 0 Å². The van der Waals surface area contributed by atoms with Gasteiger partial charge in [0.1, 0.15) is 11.4 Å². The fourth-order valence-corrected chi connectivity index (χ4v) is 3.77. The number of hydrogen-bond acceptors (Lipinski definition) is 3. The highest BCUT2D eigenvalue weighted by molar-refractivity contribution is 5.68. The van der Waals surface area contributed by atoms with Crippen LogP contribution in [0, 0.1) is 0 Å². The second-order valence-corrected chi connectivity index (χ2v) is 8.99. The van der Waals surface area contributed by atoms with Crippen molar-refractivity contribution >= 4 is 6.09 Å². The first-order valence-electron chi connectivity index (χ1n) is 11.2. The van der Waals surface area contributed by atoms with Gasteiger partial charge in [-0.25, -0.2) is 9.78 Å². The standard InChI is InChI=1S/C27H30N4O2/c1-27(2,3)33-26(32)29-24(15-14-21-10-5-4-6-11-21)25-28-16-19-31(25)23-13-9-12-22(20-23)30-17-7-8-18-30/h4-13,16-20,24H,14-15H2,1-3H3,(H,29,32)/t24-/m0/s1. The Morgan fingerprint density at radius 3 is 2.42 bits per heavy atom. The molecule has 0 bridgehead atoms. The fraction of sp³-hybridized carbons (Fsp3) is 0.259. The zero-order chi connectivity index (χ0) is 23.3. The summed E-state index contributed by atoms with van der Waals surface area (Å²) in [6, 6.07) is 22.2. The molecule has 0 aliphatic rings. The summed E-state index contributed by atoms with van der Waals surface area (Å²) in [7, 11) is 0. The fourth-order valence-electron chi connectivity index (χ4n) is 3.77. The average Bonchev–Trinajstić information content (AvgIpc) is 3.49. The van der Waals surface area contributed by atoms with E-state index < -0.39 is 11.7 Å². The highest BCUT2D eigenvalue weighted by Crippen LogP contribution is 2.24. The van der Waals surface area contributed by atoms with E-state index in [0.29, 0.717) is 6.42 Å². The molecule has 0 radical (unpaired) electrons. The monoisotopic (exact) mass is 442 g/mol. The van der Waals surface area contributed by atoms with Gasteiger partial charge in [0.05, 0.1) is 6.04 Å². The van der Waals surface area contributed by atoms with Crippen LogP contribution in [-0.2, 0) is 11.2 Å². The Balaban J connectivity index is 1.63. The number of nitrogens with one attached hydrogen (secondary N) is 1. The summed E-state index contributed by atoms with van der Waals surface area (Å²) in [6.45, 7) is 5.58. The van der Waals surface area contributed by atoms with Gasteiger partial charge in [-0.3, -0.25) is 0 Å². The summed E-state index contributed by atoms with van der Waals surface area (Å²) >= 11 is 0. The van der Waals surface area contributed by atoms with Gasteiger partial charge < -0.3 is 19.2 Å². The molecular weight excluding hydrogens is 412 g/mol. The van der Waals surface area contributed by atoms with Gasteiger partial charge in [-0.05, 0) is 69.5 Å². The number of rotatable bonds is 7. The molecule has 33 heavy (non-hydrogen) atoms. The normalized spacial score (nSPS) is 12.3. The lowest BCUT2D eigenvalue weighted by Gasteiger charge is -2.24. The number of benzene rings is 2. The highest BCUT2D eigenvalue weighted by atomic mass is 16.6. The molecule has 6 nitrogen and oxygen atoms in total. The number of aryl methyl sites for hydroxylation is 1. The van der Waals surface area contributed by atoms with Gasteiger partial charge in [0, 0.05) is 36.2 Å². The first-order valence-corrected chi connectivity index (χ1v) is 11.2. The molecular formula is C27H30N4O2. The van der Waals surface area contributed by atoms with Crippen molar-refractivity contribution in [1.29, 1.82) is 0 Å². The molecule has 170 valence electrons. The number of amides is 1. The molecule has 1 amide bonds. The van der Waals surface area contributed by atoms with Crippen LogP contribution in [0.15, 0.2) is 91.5 Å². The maximum Gasteiger partial charge on any atom is 0.408 e. The van der Waals surface area contributed by atoms with Gasteiger partial charge in [0.25, 0.3) is 0 Å². The molecule has 0 fully saturated rings. The van der Waals surface area contributed by atoms with E-state index in [-0.39, 0.29) is 6.04 Å². The van der Waals surface area contributed by atoms with E-state index in [4.69, 9.17) is 4.74 Å². The first kappa shape index (κ1) is 22.4. The van der Waals surface area contributed by atoms with E-state index in [2.05, 4.69) is 39.1 Å². The quantitative estimate of drug-likeness (QED) is 0.390. The maximum absolute atomic E-state index is 12.7. The van der Waals surface area contributed by atoms with Crippen LogP contribution in [0.4, 0.5) is 4.79 Å². The van der Waals surface area contributed by atoms with Crippen LogP contribution in [-0.4, -0.2) is 25.8 Å². The van der Waals surface area contributed by atoms with Gasteiger partial charge in [0.15, 0.2) is 0 Å². The SMILES string of the molecule is CC(C)(C)OC(=O)N[C@@H](CCc1ccccc1)c1nccn1-c1cccc(-n2cccc2)c1. The van der Waals surface area contributed by atoms with E-state index in [9.17, 15) is 4.79 Å². The lowest BCUT2D eigenvalue weighted by molar-refractivity contribution is 0.0498. The number of carbonyl (C=O) groups excluding carboxylic acids is 1. The van der Waals surface area contributed by atoms with Gasteiger partial charge >= 0.3 is 6.09 Å². The van der Waals surface area contributed by atoms with Gasteiger partial charge in [0.2, 0.25) is 0 Å². The zero-order valence-electron chi connectivity index (χ0n) is 19.3. The minimum Gasteiger partial charge on any atom is -0.444 e. The minimum absolute atomic E-state index is 0.315. The largest absolute Gasteiger partial charge is 0.444 e. The number of hydrogen-bond donors (Lipinski definition) is 1. The molecule has 4 rings (SSSR count). The minimum atomic E-state index is -0.575. The summed E-state index contributed by atoms with van der Waals surface area (Å²) in [5, 5.41) is 3.05. The number of nitrogens with zero attached hydrogens (tertiary/aromatic N) is 3. The van der Waals surface area contributed by atoms with Gasteiger partial charge in [-0.15, -0.1) is 0 Å². The summed E-state index contributed by atoms with van der Waals surface area (Å²) in [5.74, 6) is 0.765. The lowest BCUT2D eigenvalue weighted by Crippen LogP contribution is -2.36. The van der Waals surface area contributed by atoms with Crippen molar-refractivity contribution in [2.24, 2.45) is 0 Å². The van der Waals surface area contributed by atoms with Crippen molar-refractivity contribution in [3.63, 3.8) is 0 Å². The van der Waals surface area contributed by atoms with Crippen LogP contribution in [0.3, 0.4) is 0 Å². The number of imidazole rings is 1. The molecule has 6 heteroatoms. The van der Waals surface area contributed by atoms with Crippen LogP contribution < -0.4 is 5.32 Å². The van der Waals surface area contributed by atoms with Gasteiger partial charge in [-0.1, -0.05) is 36.4 Å². The molecule has 0 saturated carbocycles. The lowest BCUT2D eigenvalue weighted by atomic mass is 10.0. The number of ether oxygens (including phenoxy) is 1. The van der Waals surface area contributed by atoms with Crippen molar-refractivity contribution in [1.82, 2.24) is 19.4 Å². The molecule has 0 aliphatic carbocycles. The Bertz CT molecular complexity index is 1170. The molecule has 1 atom stereocenters. The van der Waals surface area contributed by atoms with E-state index in [0.717, 1.165) is 23.6 Å². The summed E-state index contributed by atoms with van der Waals surface area (Å²) in [4.78, 5) is 17.3. The Hall–Kier alpha value is -3.80. The number of carbonyl (C=O) groups is 1. The third-order valence-electron chi connectivity index (χ3n) is 5.25. The van der Waals surface area contributed by atoms with Crippen molar-refractivity contribution in [2.75, 3.05) is 0 Å². The third-order valence-corrected chi connectivity index (χ3v) is 5.25. The molecule has 0 aliphatic heterocycles. The average molecular weight is 443 g/mol. The molecule has 0 spiro atoms. The number of aromatic nitrogens is 3. The molecule has 0 unspecified atom stereocenters. The van der Waals surface area contributed by atoms with E-state index in [1.54, 1.807) is 6.20 Å². The Kier molecular flexibility index (Phi) is 6.63. The number of alkyl carbamates (subject to hydrolysis) is 1. The first-order chi connectivity index (χ1) is 15.9. The van der Waals surface area contributed by atoms with Crippen molar-refractivity contribution in [3.8, 4) is 11.4 Å². The summed E-state index contributed by atoms with van der Waals surface area (Å²) in [6.07, 6.45) is 8.77. The van der Waals surface area contributed by atoms with Crippen LogP contribution in [0.1, 0.15) is 44.6 Å². The van der Waals surface area contributed by atoms with Crippen molar-refractivity contribution in [2.45, 2.75) is 45.3 Å². The summed E-state index contributed by atoms with van der Waals surface area (Å²) in [5.41, 5.74) is 2.66. The van der Waals surface area contributed by atoms with Crippen LogP contribution in [0.2, 0.25) is 0 Å². The Morgan fingerprint density at radius 2 is 1.70 bits per heavy atom. The Labute approximate surface area is 194 Å². The highest BCUT2D eigenvalue weighted by Gasteiger charge is 2.24.